The van der Waals surface area contributed by atoms with Crippen molar-refractivity contribution < 1.29 is 0 Å². The molecule has 284 valence electrons. The van der Waals surface area contributed by atoms with E-state index in [0.717, 1.165) is 22.4 Å². The summed E-state index contributed by atoms with van der Waals surface area (Å²) in [5.74, 6) is 1.00. The summed E-state index contributed by atoms with van der Waals surface area (Å²) in [5.41, 5.74) is 18.2. The van der Waals surface area contributed by atoms with Crippen LogP contribution in [0.15, 0.2) is 133 Å². The average molecular weight is 751 g/mol. The molecule has 2 heterocycles. The molecule has 2 nitrogen and oxygen atoms in total. The lowest BCUT2D eigenvalue weighted by atomic mass is 9.67. The molecule has 0 saturated heterocycles. The molecule has 0 aliphatic heterocycles. The number of nitrogens with zero attached hydrogens (tertiary/aromatic N) is 2. The SMILES string of the molecule is CC12CCC(c3c1c(-c1cc(-c4ccccc4)cc4c(-c5nc6ccccc6c6c5C5(C)CCC6C5(C)C)cc(-c5ccccc5)cc14)nc1ccccc31)C2(C)C. The van der Waals surface area contributed by atoms with Crippen molar-refractivity contribution in [3.05, 3.63) is 156 Å². The maximum absolute atomic E-state index is 5.78. The number of benzene rings is 6. The summed E-state index contributed by atoms with van der Waals surface area (Å²) in [4.78, 5) is 11.6. The quantitative estimate of drug-likeness (QED) is 0.179. The first-order valence-corrected chi connectivity index (χ1v) is 21.6. The zero-order chi connectivity index (χ0) is 39.3. The van der Waals surface area contributed by atoms with Crippen molar-refractivity contribution in [1.82, 2.24) is 9.97 Å². The smallest absolute Gasteiger partial charge is 0.0756 e. The van der Waals surface area contributed by atoms with Crippen LogP contribution < -0.4 is 0 Å². The lowest BCUT2D eigenvalue weighted by Gasteiger charge is -2.36. The minimum absolute atomic E-state index is 0.00838. The highest BCUT2D eigenvalue weighted by Crippen LogP contribution is 2.71. The molecule has 6 aromatic carbocycles. The highest BCUT2D eigenvalue weighted by atomic mass is 14.8. The number of pyridine rings is 2. The Balaban J connectivity index is 1.27. The van der Waals surface area contributed by atoms with Gasteiger partial charge in [-0.3, -0.25) is 0 Å². The van der Waals surface area contributed by atoms with Gasteiger partial charge in [-0.15, -0.1) is 0 Å². The van der Waals surface area contributed by atoms with Crippen molar-refractivity contribution in [2.24, 2.45) is 10.8 Å². The molecule has 2 heteroatoms. The standard InChI is InChI=1S/C56H50N2/c1-53(2)43-25-27-55(53,5)49-47(43)37-21-13-15-23-45(37)57-51(49)41-31-35(33-17-9-7-10-18-33)30-40-39(41)29-36(34-19-11-8-12-20-34)32-42(40)52-50-48(38-22-14-16-24-46(38)58-52)44-26-28-56(50,6)54(44,3)4/h7-24,29-32,43-44H,25-28H2,1-6H3. The van der Waals surface area contributed by atoms with E-state index in [4.69, 9.17) is 9.97 Å². The molecule has 12 rings (SSSR count). The van der Waals surface area contributed by atoms with Crippen LogP contribution in [-0.4, -0.2) is 9.97 Å². The summed E-state index contributed by atoms with van der Waals surface area (Å²) in [5, 5.41) is 5.17. The molecule has 0 amide bonds. The van der Waals surface area contributed by atoms with E-state index in [9.17, 15) is 0 Å². The highest BCUT2D eigenvalue weighted by molar-refractivity contribution is 6.10. The molecular weight excluding hydrogens is 701 g/mol. The van der Waals surface area contributed by atoms with E-state index in [-0.39, 0.29) is 21.7 Å². The zero-order valence-corrected chi connectivity index (χ0v) is 34.6. The summed E-state index contributed by atoms with van der Waals surface area (Å²) in [7, 11) is 0. The Bertz CT molecular complexity index is 2840. The topological polar surface area (TPSA) is 25.8 Å². The molecule has 8 aromatic rings. The normalized spacial score (nSPS) is 24.5. The van der Waals surface area contributed by atoms with E-state index in [2.05, 4.69) is 175 Å². The Morgan fingerprint density at radius 1 is 0.414 bits per heavy atom. The van der Waals surface area contributed by atoms with Gasteiger partial charge in [0.2, 0.25) is 0 Å². The van der Waals surface area contributed by atoms with Gasteiger partial charge >= 0.3 is 0 Å². The molecule has 4 atom stereocenters. The summed E-state index contributed by atoms with van der Waals surface area (Å²) >= 11 is 0. The van der Waals surface area contributed by atoms with Crippen molar-refractivity contribution in [3.8, 4) is 44.8 Å². The van der Waals surface area contributed by atoms with E-state index in [1.165, 1.54) is 103 Å². The second-order valence-corrected chi connectivity index (χ2v) is 19.7. The van der Waals surface area contributed by atoms with Gasteiger partial charge in [-0.25, -0.2) is 9.97 Å². The predicted octanol–water partition coefficient (Wildman–Crippen LogP) is 15.0. The molecule has 0 N–H and O–H groups in total. The van der Waals surface area contributed by atoms with Gasteiger partial charge in [0.25, 0.3) is 0 Å². The Kier molecular flexibility index (Phi) is 6.85. The van der Waals surface area contributed by atoms with Gasteiger partial charge in [0.05, 0.1) is 22.4 Å². The fraction of sp³-hybridized carbons (Fsp3) is 0.286. The number of rotatable bonds is 4. The van der Waals surface area contributed by atoms with Crippen molar-refractivity contribution in [3.63, 3.8) is 0 Å². The van der Waals surface area contributed by atoms with Crippen LogP contribution in [0.3, 0.4) is 0 Å². The molecule has 4 aliphatic carbocycles. The van der Waals surface area contributed by atoms with Gasteiger partial charge in [-0.05, 0) is 140 Å². The molecule has 2 fully saturated rings. The summed E-state index contributed by atoms with van der Waals surface area (Å²) in [6.07, 6.45) is 4.83. The number of fused-ring (bicyclic) bond motifs is 15. The molecule has 4 bridgehead atoms. The average Bonchev–Trinajstić information content (AvgIpc) is 3.77. The van der Waals surface area contributed by atoms with Crippen LogP contribution in [0.4, 0.5) is 0 Å². The Morgan fingerprint density at radius 2 is 0.793 bits per heavy atom. The van der Waals surface area contributed by atoms with Gasteiger partial charge in [0, 0.05) is 32.7 Å². The first-order chi connectivity index (χ1) is 28.0. The zero-order valence-electron chi connectivity index (χ0n) is 34.6. The second-order valence-electron chi connectivity index (χ2n) is 19.7. The van der Waals surface area contributed by atoms with Crippen molar-refractivity contribution in [1.29, 1.82) is 0 Å². The molecule has 58 heavy (non-hydrogen) atoms. The van der Waals surface area contributed by atoms with Crippen molar-refractivity contribution in [2.75, 3.05) is 0 Å². The van der Waals surface area contributed by atoms with E-state index < -0.39 is 0 Å². The van der Waals surface area contributed by atoms with Crippen LogP contribution in [-0.2, 0) is 10.8 Å². The van der Waals surface area contributed by atoms with Crippen LogP contribution in [0.1, 0.15) is 101 Å². The van der Waals surface area contributed by atoms with E-state index in [1.54, 1.807) is 0 Å². The summed E-state index contributed by atoms with van der Waals surface area (Å²) in [6.45, 7) is 15.2. The molecule has 0 radical (unpaired) electrons. The second kappa shape index (κ2) is 11.5. The van der Waals surface area contributed by atoms with Gasteiger partial charge in [-0.1, -0.05) is 139 Å². The van der Waals surface area contributed by atoms with E-state index >= 15 is 0 Å². The molecule has 0 spiro atoms. The third-order valence-corrected chi connectivity index (χ3v) is 16.9. The number of para-hydroxylation sites is 2. The van der Waals surface area contributed by atoms with Gasteiger partial charge in [0.15, 0.2) is 0 Å². The number of hydrogen-bond donors (Lipinski definition) is 0. The van der Waals surface area contributed by atoms with E-state index in [1.807, 2.05) is 0 Å². The fourth-order valence-electron chi connectivity index (χ4n) is 13.1. The van der Waals surface area contributed by atoms with E-state index in [0.29, 0.717) is 11.8 Å². The van der Waals surface area contributed by atoms with Crippen molar-refractivity contribution in [2.45, 2.75) is 89.9 Å². The van der Waals surface area contributed by atoms with Gasteiger partial charge in [0.1, 0.15) is 0 Å². The summed E-state index contributed by atoms with van der Waals surface area (Å²) in [6, 6.07) is 49.8. The highest BCUT2D eigenvalue weighted by Gasteiger charge is 2.62. The lowest BCUT2D eigenvalue weighted by Crippen LogP contribution is -2.32. The number of aromatic nitrogens is 2. The fourth-order valence-corrected chi connectivity index (χ4v) is 13.1. The first-order valence-electron chi connectivity index (χ1n) is 21.6. The van der Waals surface area contributed by atoms with Crippen molar-refractivity contribution >= 4 is 32.6 Å². The Morgan fingerprint density at radius 3 is 1.21 bits per heavy atom. The van der Waals surface area contributed by atoms with Crippen LogP contribution in [0, 0.1) is 10.8 Å². The lowest BCUT2D eigenvalue weighted by molar-refractivity contribution is 0.231. The van der Waals surface area contributed by atoms with Gasteiger partial charge < -0.3 is 0 Å². The minimum Gasteiger partial charge on any atom is -0.247 e. The minimum atomic E-state index is 0.00838. The molecule has 2 aromatic heterocycles. The Hall–Kier alpha value is -5.60. The first kappa shape index (κ1) is 34.4. The van der Waals surface area contributed by atoms with Crippen LogP contribution in [0.5, 0.6) is 0 Å². The Labute approximate surface area is 342 Å². The third-order valence-electron chi connectivity index (χ3n) is 16.9. The number of hydrogen-bond acceptors (Lipinski definition) is 2. The molecule has 4 aliphatic rings. The maximum atomic E-state index is 5.78. The third kappa shape index (κ3) is 4.24. The predicted molar refractivity (Wildman–Crippen MR) is 243 cm³/mol. The van der Waals surface area contributed by atoms with Gasteiger partial charge in [-0.2, -0.15) is 0 Å². The molecule has 4 unspecified atom stereocenters. The largest absolute Gasteiger partial charge is 0.247 e. The molecular formula is C56H50N2. The summed E-state index contributed by atoms with van der Waals surface area (Å²) < 4.78 is 0. The van der Waals surface area contributed by atoms with Crippen LogP contribution in [0.2, 0.25) is 0 Å². The van der Waals surface area contributed by atoms with Crippen LogP contribution >= 0.6 is 0 Å². The maximum Gasteiger partial charge on any atom is 0.0756 e. The molecule has 2 saturated carbocycles. The van der Waals surface area contributed by atoms with Crippen LogP contribution in [0.25, 0.3) is 77.3 Å². The monoisotopic (exact) mass is 750 g/mol.